The predicted octanol–water partition coefficient (Wildman–Crippen LogP) is 4.03. The molecule has 0 radical (unpaired) electrons. The van der Waals surface area contributed by atoms with E-state index in [1.165, 1.54) is 17.7 Å². The molecule has 1 heterocycles. The summed E-state index contributed by atoms with van der Waals surface area (Å²) in [5.74, 6) is -0.0726. The molecule has 4 heteroatoms. The number of nitrogens with one attached hydrogen (secondary N) is 1. The first-order chi connectivity index (χ1) is 13.2. The Morgan fingerprint density at radius 2 is 1.81 bits per heavy atom. The van der Waals surface area contributed by atoms with Gasteiger partial charge in [0.05, 0.1) is 6.04 Å². The molecule has 1 aliphatic heterocycles. The van der Waals surface area contributed by atoms with Crippen LogP contribution >= 0.6 is 0 Å². The van der Waals surface area contributed by atoms with Crippen molar-refractivity contribution >= 4 is 5.91 Å². The van der Waals surface area contributed by atoms with Gasteiger partial charge in [0.15, 0.2) is 0 Å². The van der Waals surface area contributed by atoms with E-state index in [4.69, 9.17) is 0 Å². The highest BCUT2D eigenvalue weighted by Crippen LogP contribution is 2.43. The van der Waals surface area contributed by atoms with Gasteiger partial charge in [0.1, 0.15) is 5.82 Å². The molecule has 2 fully saturated rings. The van der Waals surface area contributed by atoms with Crippen molar-refractivity contribution in [1.82, 2.24) is 10.2 Å². The van der Waals surface area contributed by atoms with Crippen LogP contribution < -0.4 is 5.32 Å². The Bertz CT molecular complexity index is 771. The SMILES string of the molecule is O=C(NCC1(c2ccc(F)cc2)CCC1)C1CCCN1Cc1ccccc1. The number of likely N-dealkylation sites (tertiary alicyclic amines) is 1. The summed E-state index contributed by atoms with van der Waals surface area (Å²) >= 11 is 0. The lowest BCUT2D eigenvalue weighted by molar-refractivity contribution is -0.126. The lowest BCUT2D eigenvalue weighted by atomic mass is 9.64. The number of hydrogen-bond donors (Lipinski definition) is 1. The van der Waals surface area contributed by atoms with Gasteiger partial charge in [-0.3, -0.25) is 9.69 Å². The second-order valence-corrected chi connectivity index (χ2v) is 7.97. The maximum Gasteiger partial charge on any atom is 0.237 e. The van der Waals surface area contributed by atoms with Gasteiger partial charge in [-0.25, -0.2) is 4.39 Å². The molecule has 0 aromatic heterocycles. The van der Waals surface area contributed by atoms with E-state index >= 15 is 0 Å². The predicted molar refractivity (Wildman–Crippen MR) is 105 cm³/mol. The third kappa shape index (κ3) is 3.91. The van der Waals surface area contributed by atoms with Crippen LogP contribution in [0.5, 0.6) is 0 Å². The molecule has 2 aromatic rings. The van der Waals surface area contributed by atoms with Gasteiger partial charge in [-0.1, -0.05) is 48.9 Å². The Morgan fingerprint density at radius 3 is 2.48 bits per heavy atom. The molecule has 2 aromatic carbocycles. The Morgan fingerprint density at radius 1 is 1.07 bits per heavy atom. The summed E-state index contributed by atoms with van der Waals surface area (Å²) in [7, 11) is 0. The van der Waals surface area contributed by atoms with Crippen LogP contribution in [0.1, 0.15) is 43.2 Å². The van der Waals surface area contributed by atoms with Gasteiger partial charge in [0.25, 0.3) is 0 Å². The summed E-state index contributed by atoms with van der Waals surface area (Å²) in [5, 5.41) is 3.22. The zero-order valence-corrected chi connectivity index (χ0v) is 15.7. The number of hydrogen-bond acceptors (Lipinski definition) is 2. The van der Waals surface area contributed by atoms with Gasteiger partial charge in [0, 0.05) is 18.5 Å². The number of amides is 1. The lowest BCUT2D eigenvalue weighted by Gasteiger charge is -2.43. The van der Waals surface area contributed by atoms with Crippen LogP contribution in [0.25, 0.3) is 0 Å². The zero-order valence-electron chi connectivity index (χ0n) is 15.7. The van der Waals surface area contributed by atoms with Crippen LogP contribution in [0, 0.1) is 5.82 Å². The Balaban J connectivity index is 1.38. The van der Waals surface area contributed by atoms with Crippen molar-refractivity contribution in [2.24, 2.45) is 0 Å². The Kier molecular flexibility index (Phi) is 5.26. The number of nitrogens with zero attached hydrogens (tertiary/aromatic N) is 1. The molecule has 142 valence electrons. The van der Waals surface area contributed by atoms with Gasteiger partial charge in [-0.15, -0.1) is 0 Å². The molecule has 0 bridgehead atoms. The second-order valence-electron chi connectivity index (χ2n) is 7.97. The Labute approximate surface area is 160 Å². The van der Waals surface area contributed by atoms with E-state index in [1.807, 2.05) is 30.3 Å². The summed E-state index contributed by atoms with van der Waals surface area (Å²) in [5.41, 5.74) is 2.37. The van der Waals surface area contributed by atoms with Crippen molar-refractivity contribution in [3.05, 3.63) is 71.5 Å². The molecule has 1 amide bonds. The first-order valence-electron chi connectivity index (χ1n) is 9.98. The van der Waals surface area contributed by atoms with E-state index in [0.29, 0.717) is 6.54 Å². The number of carbonyl (C=O) groups is 1. The van der Waals surface area contributed by atoms with Crippen LogP contribution in [0.4, 0.5) is 4.39 Å². The van der Waals surface area contributed by atoms with Crippen LogP contribution in [0.2, 0.25) is 0 Å². The molecule has 0 spiro atoms. The van der Waals surface area contributed by atoms with Crippen molar-refractivity contribution in [3.63, 3.8) is 0 Å². The van der Waals surface area contributed by atoms with Gasteiger partial charge in [-0.2, -0.15) is 0 Å². The molecule has 1 aliphatic carbocycles. The molecule has 3 nitrogen and oxygen atoms in total. The van der Waals surface area contributed by atoms with Crippen molar-refractivity contribution < 1.29 is 9.18 Å². The fourth-order valence-corrected chi connectivity index (χ4v) is 4.48. The van der Waals surface area contributed by atoms with Crippen molar-refractivity contribution in [2.75, 3.05) is 13.1 Å². The molecule has 1 atom stereocenters. The van der Waals surface area contributed by atoms with Crippen molar-refractivity contribution in [1.29, 1.82) is 0 Å². The highest BCUT2D eigenvalue weighted by molar-refractivity contribution is 5.82. The molecule has 1 saturated carbocycles. The molecule has 1 unspecified atom stereocenters. The maximum atomic E-state index is 13.3. The number of halogens is 1. The topological polar surface area (TPSA) is 32.3 Å². The highest BCUT2D eigenvalue weighted by atomic mass is 19.1. The third-order valence-corrected chi connectivity index (χ3v) is 6.26. The lowest BCUT2D eigenvalue weighted by Crippen LogP contribution is -2.50. The van der Waals surface area contributed by atoms with Gasteiger partial charge < -0.3 is 5.32 Å². The normalized spacial score (nSPS) is 21.6. The number of rotatable bonds is 6. The fourth-order valence-electron chi connectivity index (χ4n) is 4.48. The molecule has 4 rings (SSSR count). The summed E-state index contributed by atoms with van der Waals surface area (Å²) in [4.78, 5) is 15.2. The standard InChI is InChI=1S/C23H27FN2O/c24-20-11-9-19(10-12-20)23(13-5-14-23)17-25-22(27)21-8-4-15-26(21)16-18-6-2-1-3-7-18/h1-3,6-7,9-12,21H,4-5,8,13-17H2,(H,25,27). The van der Waals surface area contributed by atoms with Crippen LogP contribution in [0.3, 0.4) is 0 Å². The van der Waals surface area contributed by atoms with Crippen LogP contribution in [0.15, 0.2) is 54.6 Å². The van der Waals surface area contributed by atoms with E-state index in [0.717, 1.165) is 50.8 Å². The molecule has 27 heavy (non-hydrogen) atoms. The third-order valence-electron chi connectivity index (χ3n) is 6.26. The summed E-state index contributed by atoms with van der Waals surface area (Å²) in [6.07, 6.45) is 5.25. The number of benzene rings is 2. The summed E-state index contributed by atoms with van der Waals surface area (Å²) in [6.45, 7) is 2.44. The average Bonchev–Trinajstić information content (AvgIpc) is 3.11. The first kappa shape index (κ1) is 18.2. The quantitative estimate of drug-likeness (QED) is 0.837. The average molecular weight is 366 g/mol. The smallest absolute Gasteiger partial charge is 0.237 e. The van der Waals surface area contributed by atoms with Gasteiger partial charge in [-0.05, 0) is 55.5 Å². The minimum atomic E-state index is -0.209. The minimum absolute atomic E-state index is 0.0216. The fraction of sp³-hybridized carbons (Fsp3) is 0.435. The molecular formula is C23H27FN2O. The first-order valence-corrected chi connectivity index (χ1v) is 9.98. The largest absolute Gasteiger partial charge is 0.354 e. The molecule has 1 N–H and O–H groups in total. The second kappa shape index (κ2) is 7.81. The van der Waals surface area contributed by atoms with Crippen LogP contribution in [-0.2, 0) is 16.8 Å². The van der Waals surface area contributed by atoms with E-state index in [1.54, 1.807) is 0 Å². The molecule has 1 saturated heterocycles. The van der Waals surface area contributed by atoms with Crippen LogP contribution in [-0.4, -0.2) is 29.9 Å². The Hall–Kier alpha value is -2.20. The zero-order chi connectivity index (χ0) is 18.7. The summed E-state index contributed by atoms with van der Waals surface area (Å²) < 4.78 is 13.3. The monoisotopic (exact) mass is 366 g/mol. The molecular weight excluding hydrogens is 339 g/mol. The van der Waals surface area contributed by atoms with Crippen molar-refractivity contribution in [3.8, 4) is 0 Å². The van der Waals surface area contributed by atoms with E-state index in [9.17, 15) is 9.18 Å². The maximum absolute atomic E-state index is 13.3. The summed E-state index contributed by atoms with van der Waals surface area (Å²) in [6, 6.07) is 17.1. The molecule has 2 aliphatic rings. The number of carbonyl (C=O) groups excluding carboxylic acids is 1. The minimum Gasteiger partial charge on any atom is -0.354 e. The highest BCUT2D eigenvalue weighted by Gasteiger charge is 2.40. The van der Waals surface area contributed by atoms with Gasteiger partial charge >= 0.3 is 0 Å². The van der Waals surface area contributed by atoms with Crippen molar-refractivity contribution in [2.45, 2.75) is 50.1 Å². The van der Waals surface area contributed by atoms with E-state index in [2.05, 4.69) is 22.3 Å². The van der Waals surface area contributed by atoms with E-state index < -0.39 is 0 Å². The van der Waals surface area contributed by atoms with Gasteiger partial charge in [0.2, 0.25) is 5.91 Å². The van der Waals surface area contributed by atoms with E-state index in [-0.39, 0.29) is 23.2 Å².